The van der Waals surface area contributed by atoms with Crippen molar-refractivity contribution in [3.63, 3.8) is 0 Å². The summed E-state index contributed by atoms with van der Waals surface area (Å²) in [5.41, 5.74) is -0.146. The Morgan fingerprint density at radius 2 is 1.86 bits per heavy atom. The zero-order valence-electron chi connectivity index (χ0n) is 33.7. The van der Waals surface area contributed by atoms with Crippen molar-refractivity contribution >= 4 is 44.7 Å². The smallest absolute Gasteiger partial charge is 0.407 e. The van der Waals surface area contributed by atoms with Gasteiger partial charge in [-0.3, -0.25) is 19.1 Å². The number of aromatic nitrogens is 1. The number of ether oxygens (including phenoxy) is 2. The molecule has 0 unspecified atom stereocenters. The van der Waals surface area contributed by atoms with Gasteiger partial charge < -0.3 is 25.0 Å². The SMILES string of the molecule is CC(C)COC(=O)N[C@H]1CCCCC/C=C\[C@@H]2C[C@@]2(C(=O)NS(=O)(=O)C2(C)CC2)NC(=O)[C@@H]2C[C@]3(CCc4c(c(-c5cccc(F)c5)nc5ccccc45)O3)CN2C1=O. The number of amides is 4. The third-order valence-electron chi connectivity index (χ3n) is 12.6. The number of benzene rings is 2. The van der Waals surface area contributed by atoms with E-state index in [1.54, 1.807) is 19.1 Å². The summed E-state index contributed by atoms with van der Waals surface area (Å²) in [5, 5.41) is 6.59. The molecule has 3 fully saturated rings. The predicted molar refractivity (Wildman–Crippen MR) is 218 cm³/mol. The van der Waals surface area contributed by atoms with Crippen LogP contribution in [0.15, 0.2) is 60.7 Å². The summed E-state index contributed by atoms with van der Waals surface area (Å²) in [4.78, 5) is 63.1. The molecular weight excluding hydrogens is 778 g/mol. The molecule has 59 heavy (non-hydrogen) atoms. The van der Waals surface area contributed by atoms with Gasteiger partial charge in [0.15, 0.2) is 0 Å². The van der Waals surface area contributed by atoms with Crippen molar-refractivity contribution < 1.29 is 41.5 Å². The Labute approximate surface area is 343 Å². The van der Waals surface area contributed by atoms with Crippen molar-refractivity contribution in [1.29, 1.82) is 0 Å². The van der Waals surface area contributed by atoms with E-state index in [2.05, 4.69) is 15.4 Å². The van der Waals surface area contributed by atoms with E-state index >= 15 is 0 Å². The number of carbonyl (C=O) groups excluding carboxylic acids is 4. The van der Waals surface area contributed by atoms with Crippen LogP contribution in [0.1, 0.15) is 90.5 Å². The van der Waals surface area contributed by atoms with Crippen LogP contribution < -0.4 is 20.1 Å². The van der Waals surface area contributed by atoms with Gasteiger partial charge in [0.05, 0.1) is 23.4 Å². The lowest BCUT2D eigenvalue weighted by molar-refractivity contribution is -0.141. The number of carbonyl (C=O) groups is 4. The van der Waals surface area contributed by atoms with Crippen molar-refractivity contribution in [3.05, 3.63) is 72.1 Å². The highest BCUT2D eigenvalue weighted by molar-refractivity contribution is 7.91. The lowest BCUT2D eigenvalue weighted by Gasteiger charge is -2.37. The number of fused-ring (bicyclic) bond motifs is 5. The number of para-hydroxylation sites is 1. The maximum Gasteiger partial charge on any atom is 0.407 e. The van der Waals surface area contributed by atoms with E-state index in [4.69, 9.17) is 14.5 Å². The van der Waals surface area contributed by atoms with E-state index in [1.807, 2.05) is 50.3 Å². The molecule has 8 rings (SSSR count). The van der Waals surface area contributed by atoms with Crippen molar-refractivity contribution in [3.8, 4) is 17.0 Å². The number of pyridine rings is 1. The number of hydrogen-bond acceptors (Lipinski definition) is 9. The molecule has 5 atom stereocenters. The molecule has 0 bridgehead atoms. The van der Waals surface area contributed by atoms with Crippen LogP contribution in [0, 0.1) is 17.7 Å². The molecule has 2 aromatic carbocycles. The van der Waals surface area contributed by atoms with Gasteiger partial charge in [-0.1, -0.05) is 69.2 Å². The summed E-state index contributed by atoms with van der Waals surface area (Å²) in [5.74, 6) is -2.35. The highest BCUT2D eigenvalue weighted by Gasteiger charge is 2.64. The van der Waals surface area contributed by atoms with Gasteiger partial charge in [0.1, 0.15) is 40.5 Å². The molecule has 1 saturated heterocycles. The van der Waals surface area contributed by atoms with Crippen LogP contribution >= 0.6 is 0 Å². The van der Waals surface area contributed by atoms with Crippen LogP contribution in [-0.4, -0.2) is 83.2 Å². The lowest BCUT2D eigenvalue weighted by Crippen LogP contribution is -2.58. The van der Waals surface area contributed by atoms with Gasteiger partial charge in [-0.05, 0) is 82.4 Å². The highest BCUT2D eigenvalue weighted by Crippen LogP contribution is 2.50. The largest absolute Gasteiger partial charge is 0.483 e. The average molecular weight is 830 g/mol. The maximum absolute atomic E-state index is 14.9. The summed E-state index contributed by atoms with van der Waals surface area (Å²) in [6, 6.07) is 11.5. The monoisotopic (exact) mass is 829 g/mol. The first kappa shape index (κ1) is 40.7. The second-order valence-electron chi connectivity index (χ2n) is 17.7. The van der Waals surface area contributed by atoms with Gasteiger partial charge in [0.25, 0.3) is 5.91 Å². The number of alkyl carbamates (subject to hydrolysis) is 1. The highest BCUT2D eigenvalue weighted by atomic mass is 32.2. The van der Waals surface area contributed by atoms with Crippen LogP contribution in [0.5, 0.6) is 5.75 Å². The molecule has 3 aromatic rings. The molecule has 13 nitrogen and oxygen atoms in total. The van der Waals surface area contributed by atoms with E-state index in [-0.39, 0.29) is 31.9 Å². The third-order valence-corrected chi connectivity index (χ3v) is 14.8. The Morgan fingerprint density at radius 1 is 1.07 bits per heavy atom. The van der Waals surface area contributed by atoms with Crippen LogP contribution in [-0.2, 0) is 35.6 Å². The standard InChI is InChI=1S/C44H52FN5O8S/c1-27(2)25-57-41(54)47-34-17-8-6-4-5-7-13-29-23-44(29,40(53)49-59(55,56)42(3)20-21-42)48-38(51)35-24-43(26-50(35)39(34)52)19-18-32-31-15-9-10-16-33(31)46-36(37(32)58-43)28-12-11-14-30(45)22-28/h7,9-16,22,27,29,34-35H,4-6,8,17-21,23-26H2,1-3H3,(H,47,54)(H,48,51)(H,49,53)/b13-7-/t29-,34+,35+,43-,44-/m1/s1. The minimum Gasteiger partial charge on any atom is -0.483 e. The van der Waals surface area contributed by atoms with Gasteiger partial charge in [-0.2, -0.15) is 0 Å². The number of hydrogen-bond donors (Lipinski definition) is 3. The average Bonchev–Trinajstić information content (AvgIpc) is 4.10. The van der Waals surface area contributed by atoms with Gasteiger partial charge in [0.2, 0.25) is 21.8 Å². The van der Waals surface area contributed by atoms with E-state index in [0.717, 1.165) is 23.8 Å². The number of nitrogens with zero attached hydrogens (tertiary/aromatic N) is 2. The number of halogens is 1. The Morgan fingerprint density at radius 3 is 2.63 bits per heavy atom. The fourth-order valence-electron chi connectivity index (χ4n) is 8.74. The Balaban J connectivity index is 1.17. The zero-order valence-corrected chi connectivity index (χ0v) is 34.5. The van der Waals surface area contributed by atoms with Crippen LogP contribution in [0.25, 0.3) is 22.2 Å². The molecule has 0 radical (unpaired) electrons. The molecule has 4 heterocycles. The number of rotatable bonds is 7. The second-order valence-corrected chi connectivity index (χ2v) is 19.9. The van der Waals surface area contributed by atoms with Gasteiger partial charge in [0, 0.05) is 28.9 Å². The first-order valence-electron chi connectivity index (χ1n) is 20.8. The minimum atomic E-state index is -4.02. The van der Waals surface area contributed by atoms with E-state index in [1.165, 1.54) is 17.0 Å². The number of nitrogens with one attached hydrogen (secondary N) is 3. The summed E-state index contributed by atoms with van der Waals surface area (Å²) in [6.45, 7) is 5.52. The molecule has 1 aromatic heterocycles. The van der Waals surface area contributed by atoms with Crippen LogP contribution in [0.2, 0.25) is 0 Å². The number of allylic oxidation sites excluding steroid dienone is 1. The number of aryl methyl sites for hydroxylation is 1. The first-order chi connectivity index (χ1) is 28.1. The summed E-state index contributed by atoms with van der Waals surface area (Å²) >= 11 is 0. The zero-order chi connectivity index (χ0) is 41.7. The molecule has 2 saturated carbocycles. The van der Waals surface area contributed by atoms with Crippen molar-refractivity contribution in [2.45, 2.75) is 119 Å². The van der Waals surface area contributed by atoms with E-state index in [0.29, 0.717) is 67.5 Å². The molecule has 314 valence electrons. The molecule has 15 heteroatoms. The van der Waals surface area contributed by atoms with Crippen molar-refractivity contribution in [2.75, 3.05) is 13.2 Å². The molecule has 4 amide bonds. The molecule has 3 N–H and O–H groups in total. The number of sulfonamides is 1. The van der Waals surface area contributed by atoms with Gasteiger partial charge >= 0.3 is 6.09 Å². The van der Waals surface area contributed by atoms with E-state index in [9.17, 15) is 32.0 Å². The maximum atomic E-state index is 14.9. The second kappa shape index (κ2) is 15.5. The fourth-order valence-corrected chi connectivity index (χ4v) is 10.1. The Hall–Kier alpha value is -5.05. The summed E-state index contributed by atoms with van der Waals surface area (Å²) in [7, 11) is -4.02. The summed E-state index contributed by atoms with van der Waals surface area (Å²) in [6.07, 6.45) is 8.15. The normalized spacial score (nSPS) is 28.2. The Kier molecular flexibility index (Phi) is 10.7. The van der Waals surface area contributed by atoms with Crippen molar-refractivity contribution in [2.24, 2.45) is 11.8 Å². The summed E-state index contributed by atoms with van der Waals surface area (Å²) < 4.78 is 54.9. The molecular formula is C44H52FN5O8S. The molecule has 5 aliphatic rings. The molecule has 3 aliphatic heterocycles. The predicted octanol–water partition coefficient (Wildman–Crippen LogP) is 5.85. The lowest BCUT2D eigenvalue weighted by atomic mass is 9.86. The van der Waals surface area contributed by atoms with Crippen LogP contribution in [0.3, 0.4) is 0 Å². The molecule has 2 aliphatic carbocycles. The quantitative estimate of drug-likeness (QED) is 0.247. The molecule has 1 spiro atoms. The van der Waals surface area contributed by atoms with Crippen LogP contribution in [0.4, 0.5) is 9.18 Å². The first-order valence-corrected chi connectivity index (χ1v) is 22.3. The Bertz CT molecular complexity index is 2330. The van der Waals surface area contributed by atoms with Gasteiger partial charge in [-0.25, -0.2) is 22.6 Å². The fraction of sp³-hybridized carbons (Fsp3) is 0.523. The third kappa shape index (κ3) is 8.02. The van der Waals surface area contributed by atoms with Crippen molar-refractivity contribution in [1.82, 2.24) is 25.2 Å². The topological polar surface area (TPSA) is 173 Å². The minimum absolute atomic E-state index is 0.0263. The van der Waals surface area contributed by atoms with Gasteiger partial charge in [-0.15, -0.1) is 0 Å². The van der Waals surface area contributed by atoms with E-state index < -0.39 is 73.5 Å².